The molecule has 2 N–H and O–H groups in total. The number of benzene rings is 2. The Hall–Kier alpha value is -3.19. The quantitative estimate of drug-likeness (QED) is 0.422. The van der Waals surface area contributed by atoms with Crippen LogP contribution in [0.1, 0.15) is 67.4 Å². The largest absolute Gasteiger partial charge is 0.508 e. The number of aromatic hydroxyl groups is 1. The number of hydrogen-bond acceptors (Lipinski definition) is 5. The first-order chi connectivity index (χ1) is 18.4. The summed E-state index contributed by atoms with van der Waals surface area (Å²) >= 11 is 0. The second-order valence-electron chi connectivity index (χ2n) is 11.5. The second kappa shape index (κ2) is 11.7. The molecule has 2 aromatic carbocycles. The van der Waals surface area contributed by atoms with Crippen molar-refractivity contribution in [3.8, 4) is 5.75 Å². The van der Waals surface area contributed by atoms with E-state index in [1.54, 1.807) is 24.5 Å². The van der Waals surface area contributed by atoms with Gasteiger partial charge in [0.15, 0.2) is 5.78 Å². The average molecular weight is 517 g/mol. The molecular formula is C31H40N4O3. The van der Waals surface area contributed by atoms with Crippen LogP contribution in [0.2, 0.25) is 0 Å². The van der Waals surface area contributed by atoms with Gasteiger partial charge in [0.05, 0.1) is 17.4 Å². The summed E-state index contributed by atoms with van der Waals surface area (Å²) in [5.41, 5.74) is 5.14. The van der Waals surface area contributed by atoms with Crippen LogP contribution in [-0.2, 0) is 24.2 Å². The fourth-order valence-corrected chi connectivity index (χ4v) is 6.05. The molecule has 7 heteroatoms. The van der Waals surface area contributed by atoms with Crippen LogP contribution in [0.3, 0.4) is 0 Å². The summed E-state index contributed by atoms with van der Waals surface area (Å²) in [6.45, 7) is 7.43. The van der Waals surface area contributed by atoms with Crippen LogP contribution in [0.25, 0.3) is 11.0 Å². The summed E-state index contributed by atoms with van der Waals surface area (Å²) in [6.07, 6.45) is 9.33. The number of aromatic nitrogens is 2. The van der Waals surface area contributed by atoms with E-state index in [1.165, 1.54) is 17.5 Å². The van der Waals surface area contributed by atoms with Crippen LogP contribution < -0.4 is 5.32 Å². The highest BCUT2D eigenvalue weighted by Crippen LogP contribution is 2.28. The summed E-state index contributed by atoms with van der Waals surface area (Å²) in [6, 6.07) is 11.6. The number of nitrogens with one attached hydrogen (secondary N) is 1. The maximum absolute atomic E-state index is 12.7. The number of fused-ring (bicyclic) bond motifs is 2. The fourth-order valence-electron chi connectivity index (χ4n) is 6.05. The molecule has 1 aliphatic carbocycles. The summed E-state index contributed by atoms with van der Waals surface area (Å²) in [5.74, 6) is 1.18. The van der Waals surface area contributed by atoms with E-state index in [0.717, 1.165) is 69.2 Å². The van der Waals surface area contributed by atoms with Crippen molar-refractivity contribution in [3.05, 3.63) is 59.4 Å². The highest BCUT2D eigenvalue weighted by atomic mass is 16.3. The van der Waals surface area contributed by atoms with Gasteiger partial charge >= 0.3 is 0 Å². The van der Waals surface area contributed by atoms with E-state index in [2.05, 4.69) is 27.3 Å². The fraction of sp³-hybridized carbons (Fsp3) is 0.516. The molecule has 202 valence electrons. The summed E-state index contributed by atoms with van der Waals surface area (Å²) in [4.78, 5) is 32.0. The zero-order valence-corrected chi connectivity index (χ0v) is 22.7. The third kappa shape index (κ3) is 6.26. The van der Waals surface area contributed by atoms with Gasteiger partial charge in [0.25, 0.3) is 0 Å². The Morgan fingerprint density at radius 1 is 1.03 bits per heavy atom. The molecule has 0 radical (unpaired) electrons. The second-order valence-corrected chi connectivity index (χ2v) is 11.5. The molecule has 0 bridgehead atoms. The first kappa shape index (κ1) is 26.4. The molecule has 5 rings (SSSR count). The molecule has 1 aromatic heterocycles. The smallest absolute Gasteiger partial charge is 0.240 e. The molecule has 1 amide bonds. The van der Waals surface area contributed by atoms with Crippen molar-refractivity contribution in [2.75, 3.05) is 19.6 Å². The normalized spacial score (nSPS) is 20.3. The third-order valence-corrected chi connectivity index (χ3v) is 8.39. The van der Waals surface area contributed by atoms with Crippen molar-refractivity contribution in [1.29, 1.82) is 0 Å². The molecule has 0 saturated heterocycles. The standard InChI is InChI=1S/C31H40N4O3/c1-21(2)31(38)25-6-5-23-12-15-34(16-13-24(23)17-25)14-11-22-3-7-26(8-4-22)33-30(37)19-35-20-32-28-18-27(36)9-10-29(28)35/h5-6,9-10,17-18,20-22,26,36H,3-4,7-8,11-16,19H2,1-2H3,(H,33,37)/t22-,26-. The maximum Gasteiger partial charge on any atom is 0.240 e. The van der Waals surface area contributed by atoms with Crippen molar-refractivity contribution in [2.24, 2.45) is 11.8 Å². The van der Waals surface area contributed by atoms with E-state index in [0.29, 0.717) is 11.4 Å². The first-order valence-electron chi connectivity index (χ1n) is 14.2. The van der Waals surface area contributed by atoms with E-state index >= 15 is 0 Å². The van der Waals surface area contributed by atoms with Crippen molar-refractivity contribution < 1.29 is 14.7 Å². The topological polar surface area (TPSA) is 87.5 Å². The SMILES string of the molecule is CC(C)C(=O)c1ccc2c(c1)CCN(CC[C@H]1CC[C@H](NC(=O)Cn3cnc4cc(O)ccc43)CC1)CC2. The molecule has 2 aliphatic rings. The number of phenols is 1. The van der Waals surface area contributed by atoms with Gasteiger partial charge in [-0.05, 0) is 86.7 Å². The Balaban J connectivity index is 1.04. The van der Waals surface area contributed by atoms with E-state index < -0.39 is 0 Å². The van der Waals surface area contributed by atoms with Gasteiger partial charge in [-0.3, -0.25) is 9.59 Å². The summed E-state index contributed by atoms with van der Waals surface area (Å²) in [7, 11) is 0. The highest BCUT2D eigenvalue weighted by Gasteiger charge is 2.24. The van der Waals surface area contributed by atoms with Gasteiger partial charge in [-0.1, -0.05) is 26.0 Å². The van der Waals surface area contributed by atoms with Crippen LogP contribution in [-0.4, -0.2) is 56.9 Å². The lowest BCUT2D eigenvalue weighted by Gasteiger charge is -2.30. The Bertz CT molecular complexity index is 1290. The number of carbonyl (C=O) groups is 2. The predicted octanol–water partition coefficient (Wildman–Crippen LogP) is 4.75. The van der Waals surface area contributed by atoms with E-state index in [4.69, 9.17) is 0 Å². The zero-order chi connectivity index (χ0) is 26.6. The summed E-state index contributed by atoms with van der Waals surface area (Å²) in [5, 5.41) is 12.8. The van der Waals surface area contributed by atoms with Gasteiger partial charge in [0, 0.05) is 36.7 Å². The number of hydrogen-bond donors (Lipinski definition) is 2. The van der Waals surface area contributed by atoms with Crippen LogP contribution in [0, 0.1) is 11.8 Å². The number of ketones is 1. The van der Waals surface area contributed by atoms with Crippen molar-refractivity contribution in [1.82, 2.24) is 19.8 Å². The maximum atomic E-state index is 12.7. The van der Waals surface area contributed by atoms with Crippen LogP contribution >= 0.6 is 0 Å². The minimum absolute atomic E-state index is 0.0169. The molecule has 7 nitrogen and oxygen atoms in total. The molecule has 0 spiro atoms. The molecule has 3 aromatic rings. The Morgan fingerprint density at radius 2 is 1.79 bits per heavy atom. The van der Waals surface area contributed by atoms with Gasteiger partial charge in [-0.15, -0.1) is 0 Å². The third-order valence-electron chi connectivity index (χ3n) is 8.39. The lowest BCUT2D eigenvalue weighted by atomic mass is 9.84. The van der Waals surface area contributed by atoms with Crippen molar-refractivity contribution in [3.63, 3.8) is 0 Å². The molecule has 2 heterocycles. The minimum Gasteiger partial charge on any atom is -0.508 e. The molecule has 1 saturated carbocycles. The van der Waals surface area contributed by atoms with E-state index in [1.807, 2.05) is 24.5 Å². The monoisotopic (exact) mass is 516 g/mol. The van der Waals surface area contributed by atoms with E-state index in [9.17, 15) is 14.7 Å². The number of phenolic OH excluding ortho intramolecular Hbond substituents is 1. The number of rotatable bonds is 8. The lowest BCUT2D eigenvalue weighted by Crippen LogP contribution is -2.39. The predicted molar refractivity (Wildman–Crippen MR) is 149 cm³/mol. The van der Waals surface area contributed by atoms with Gasteiger partial charge in [-0.2, -0.15) is 0 Å². The highest BCUT2D eigenvalue weighted by molar-refractivity contribution is 5.97. The molecule has 1 fully saturated rings. The minimum atomic E-state index is 0.0169. The van der Waals surface area contributed by atoms with Crippen LogP contribution in [0.15, 0.2) is 42.7 Å². The number of nitrogens with zero attached hydrogens (tertiary/aromatic N) is 3. The molecule has 0 unspecified atom stereocenters. The number of imidazole rings is 1. The summed E-state index contributed by atoms with van der Waals surface area (Å²) < 4.78 is 1.83. The average Bonchev–Trinajstić information content (AvgIpc) is 3.17. The number of carbonyl (C=O) groups excluding carboxylic acids is 2. The molecule has 1 aliphatic heterocycles. The molecule has 0 atom stereocenters. The van der Waals surface area contributed by atoms with Gasteiger partial charge in [0.1, 0.15) is 12.3 Å². The van der Waals surface area contributed by atoms with Gasteiger partial charge < -0.3 is 19.9 Å². The van der Waals surface area contributed by atoms with Crippen molar-refractivity contribution >= 4 is 22.7 Å². The Morgan fingerprint density at radius 3 is 2.55 bits per heavy atom. The Kier molecular flexibility index (Phi) is 8.12. The zero-order valence-electron chi connectivity index (χ0n) is 22.7. The van der Waals surface area contributed by atoms with Gasteiger partial charge in [0.2, 0.25) is 5.91 Å². The van der Waals surface area contributed by atoms with Gasteiger partial charge in [-0.25, -0.2) is 4.98 Å². The van der Waals surface area contributed by atoms with Crippen molar-refractivity contribution in [2.45, 2.75) is 71.4 Å². The molecular weight excluding hydrogens is 476 g/mol. The molecule has 38 heavy (non-hydrogen) atoms. The van der Waals surface area contributed by atoms with E-state index in [-0.39, 0.29) is 35.9 Å². The Labute approximate surface area is 225 Å². The van der Waals surface area contributed by atoms with Crippen LogP contribution in [0.4, 0.5) is 0 Å². The lowest BCUT2D eigenvalue weighted by molar-refractivity contribution is -0.122. The first-order valence-corrected chi connectivity index (χ1v) is 14.2. The van der Waals surface area contributed by atoms with Crippen LogP contribution in [0.5, 0.6) is 5.75 Å². The number of Topliss-reactive ketones (excluding diaryl/α,β-unsaturated/α-hetero) is 1. The number of amides is 1.